The van der Waals surface area contributed by atoms with E-state index in [2.05, 4.69) is 5.32 Å². The van der Waals surface area contributed by atoms with Gasteiger partial charge in [-0.1, -0.05) is 51.3 Å². The molecule has 144 valence electrons. The Morgan fingerprint density at radius 2 is 1.85 bits per heavy atom. The molecule has 0 aromatic heterocycles. The number of hydrogen-bond acceptors (Lipinski definition) is 4. The summed E-state index contributed by atoms with van der Waals surface area (Å²) >= 11 is 0. The van der Waals surface area contributed by atoms with E-state index in [1.807, 2.05) is 39.8 Å². The molecular weight excluding hydrogens is 332 g/mol. The van der Waals surface area contributed by atoms with Crippen LogP contribution < -0.4 is 5.32 Å². The molecule has 0 aliphatic heterocycles. The van der Waals surface area contributed by atoms with Crippen molar-refractivity contribution in [2.45, 2.75) is 53.0 Å². The molecule has 0 unspecified atom stereocenters. The van der Waals surface area contributed by atoms with Gasteiger partial charge >= 0.3 is 0 Å². The smallest absolute Gasteiger partial charge is 0.251 e. The molecule has 0 aliphatic carbocycles. The lowest BCUT2D eigenvalue weighted by atomic mass is 9.87. The number of benzene rings is 1. The van der Waals surface area contributed by atoms with Crippen LogP contribution >= 0.6 is 0 Å². The van der Waals surface area contributed by atoms with Crippen LogP contribution in [0.25, 0.3) is 0 Å². The van der Waals surface area contributed by atoms with Crippen LogP contribution in [0.2, 0.25) is 0 Å². The summed E-state index contributed by atoms with van der Waals surface area (Å²) in [6.45, 7) is 7.62. The molecular formula is C20H30N2O4. The molecule has 0 heterocycles. The highest BCUT2D eigenvalue weighted by atomic mass is 16.5. The molecule has 6 heteroatoms. The Bertz CT molecular complexity index is 598. The molecule has 2 amide bonds. The Kier molecular flexibility index (Phi) is 8.99. The van der Waals surface area contributed by atoms with Crippen LogP contribution in [-0.4, -0.2) is 41.0 Å². The van der Waals surface area contributed by atoms with Gasteiger partial charge in [-0.2, -0.15) is 0 Å². The van der Waals surface area contributed by atoms with Crippen molar-refractivity contribution in [3.8, 4) is 0 Å². The molecule has 6 nitrogen and oxygen atoms in total. The summed E-state index contributed by atoms with van der Waals surface area (Å²) in [6.07, 6.45) is 2.56. The van der Waals surface area contributed by atoms with Crippen molar-refractivity contribution in [3.63, 3.8) is 0 Å². The third-order valence-electron chi connectivity index (χ3n) is 4.41. The van der Waals surface area contributed by atoms with Crippen molar-refractivity contribution in [2.24, 2.45) is 11.8 Å². The number of hydroxylamine groups is 2. The second kappa shape index (κ2) is 10.7. The molecule has 0 saturated heterocycles. The minimum atomic E-state index is -0.675. The van der Waals surface area contributed by atoms with Crippen LogP contribution in [0, 0.1) is 18.8 Å². The largest absolute Gasteiger partial charge is 0.342 e. The van der Waals surface area contributed by atoms with Gasteiger partial charge in [0.05, 0.1) is 12.6 Å². The van der Waals surface area contributed by atoms with Crippen LogP contribution in [0.4, 0.5) is 0 Å². The maximum Gasteiger partial charge on any atom is 0.251 e. The van der Waals surface area contributed by atoms with Gasteiger partial charge in [-0.05, 0) is 31.4 Å². The number of carbonyl (C=O) groups is 3. The molecule has 0 saturated carbocycles. The van der Waals surface area contributed by atoms with Gasteiger partial charge in [-0.15, -0.1) is 0 Å². The molecule has 1 aromatic carbocycles. The summed E-state index contributed by atoms with van der Waals surface area (Å²) in [5.74, 6) is -1.09. The van der Waals surface area contributed by atoms with Crippen molar-refractivity contribution < 1.29 is 19.6 Å². The zero-order chi connectivity index (χ0) is 19.7. The fourth-order valence-corrected chi connectivity index (χ4v) is 2.79. The molecule has 1 aromatic rings. The number of rotatable bonds is 11. The zero-order valence-corrected chi connectivity index (χ0v) is 16.1. The highest BCUT2D eigenvalue weighted by molar-refractivity contribution is 5.98. The Hall–Kier alpha value is -2.21. The first kappa shape index (κ1) is 21.8. The van der Waals surface area contributed by atoms with E-state index >= 15 is 0 Å². The van der Waals surface area contributed by atoms with Gasteiger partial charge in [0.15, 0.2) is 5.78 Å². The fourth-order valence-electron chi connectivity index (χ4n) is 2.79. The topological polar surface area (TPSA) is 86.7 Å². The Morgan fingerprint density at radius 3 is 2.35 bits per heavy atom. The second-order valence-electron chi connectivity index (χ2n) is 7.03. The van der Waals surface area contributed by atoms with Crippen LogP contribution in [0.1, 0.15) is 56.0 Å². The number of unbranched alkanes of at least 4 members (excludes halogenated alkanes) is 1. The highest BCUT2D eigenvalue weighted by Gasteiger charge is 2.31. The van der Waals surface area contributed by atoms with E-state index < -0.39 is 12.0 Å². The van der Waals surface area contributed by atoms with Crippen LogP contribution in [0.5, 0.6) is 0 Å². The van der Waals surface area contributed by atoms with Gasteiger partial charge in [0.25, 0.3) is 5.91 Å². The fraction of sp³-hybridized carbons (Fsp3) is 0.550. The van der Waals surface area contributed by atoms with Gasteiger partial charge in [-0.25, -0.2) is 5.06 Å². The van der Waals surface area contributed by atoms with E-state index in [9.17, 15) is 19.6 Å². The number of amides is 2. The maximum absolute atomic E-state index is 13.0. The van der Waals surface area contributed by atoms with Crippen molar-refractivity contribution in [2.75, 3.05) is 6.54 Å². The lowest BCUT2D eigenvalue weighted by molar-refractivity contribution is -0.154. The van der Waals surface area contributed by atoms with E-state index in [-0.39, 0.29) is 24.2 Å². The molecule has 0 radical (unpaired) electrons. The zero-order valence-electron chi connectivity index (χ0n) is 16.1. The van der Waals surface area contributed by atoms with Gasteiger partial charge < -0.3 is 5.32 Å². The second-order valence-corrected chi connectivity index (χ2v) is 7.03. The van der Waals surface area contributed by atoms with Gasteiger partial charge in [0, 0.05) is 11.5 Å². The Balaban J connectivity index is 2.93. The van der Waals surface area contributed by atoms with E-state index in [1.165, 1.54) is 0 Å². The molecule has 26 heavy (non-hydrogen) atoms. The summed E-state index contributed by atoms with van der Waals surface area (Å²) in [5, 5.41) is 12.8. The lowest BCUT2D eigenvalue weighted by Crippen LogP contribution is -2.48. The SMILES string of the molecule is CCCC[C@H](CN(O)C=O)C(=O)[C@@H](NC(=O)c1ccc(C)cc1)C(C)C. The summed E-state index contributed by atoms with van der Waals surface area (Å²) in [6, 6.07) is 6.47. The lowest BCUT2D eigenvalue weighted by Gasteiger charge is -2.27. The number of nitrogens with zero attached hydrogens (tertiary/aromatic N) is 1. The first-order valence-electron chi connectivity index (χ1n) is 9.12. The highest BCUT2D eigenvalue weighted by Crippen LogP contribution is 2.17. The first-order valence-corrected chi connectivity index (χ1v) is 9.12. The molecule has 1 rings (SSSR count). The summed E-state index contributed by atoms with van der Waals surface area (Å²) in [5.41, 5.74) is 1.55. The number of carbonyl (C=O) groups excluding carboxylic acids is 3. The Morgan fingerprint density at radius 1 is 1.23 bits per heavy atom. The van der Waals surface area contributed by atoms with Crippen molar-refractivity contribution >= 4 is 18.1 Å². The molecule has 0 fully saturated rings. The molecule has 0 bridgehead atoms. The van der Waals surface area contributed by atoms with Gasteiger partial charge in [0.1, 0.15) is 0 Å². The molecule has 2 N–H and O–H groups in total. The number of Topliss-reactive ketones (excluding diaryl/α,β-unsaturated/α-hetero) is 1. The van der Waals surface area contributed by atoms with Crippen LogP contribution in [0.3, 0.4) is 0 Å². The normalized spacial score (nSPS) is 13.2. The van der Waals surface area contributed by atoms with Crippen LogP contribution in [0.15, 0.2) is 24.3 Å². The van der Waals surface area contributed by atoms with E-state index in [4.69, 9.17) is 0 Å². The first-order chi connectivity index (χ1) is 12.3. The summed E-state index contributed by atoms with van der Waals surface area (Å²) in [4.78, 5) is 36.2. The standard InChI is InChI=1S/C20H30N2O4/c1-5-6-7-17(12-22(26)13-23)19(24)18(14(2)3)21-20(25)16-10-8-15(4)9-11-16/h8-11,13-14,17-18,26H,5-7,12H2,1-4H3,(H,21,25)/t17-,18+/m1/s1. The quantitative estimate of drug-likeness (QED) is 0.360. The summed E-state index contributed by atoms with van der Waals surface area (Å²) in [7, 11) is 0. The predicted molar refractivity (Wildman–Crippen MR) is 99.8 cm³/mol. The van der Waals surface area contributed by atoms with Gasteiger partial charge in [0.2, 0.25) is 6.41 Å². The Labute approximate surface area is 155 Å². The molecule has 2 atom stereocenters. The number of aryl methyl sites for hydroxylation is 1. The summed E-state index contributed by atoms with van der Waals surface area (Å²) < 4.78 is 0. The number of nitrogens with one attached hydrogen (secondary N) is 1. The average Bonchev–Trinajstić information content (AvgIpc) is 2.62. The predicted octanol–water partition coefficient (Wildman–Crippen LogP) is 2.97. The minimum Gasteiger partial charge on any atom is -0.342 e. The van der Waals surface area contributed by atoms with Gasteiger partial charge in [-0.3, -0.25) is 19.6 Å². The number of ketones is 1. The molecule has 0 spiro atoms. The van der Waals surface area contributed by atoms with Crippen molar-refractivity contribution in [1.29, 1.82) is 0 Å². The van der Waals surface area contributed by atoms with Crippen LogP contribution in [-0.2, 0) is 9.59 Å². The third kappa shape index (κ3) is 6.59. The molecule has 0 aliphatic rings. The van der Waals surface area contributed by atoms with E-state index in [0.717, 1.165) is 18.4 Å². The monoisotopic (exact) mass is 362 g/mol. The van der Waals surface area contributed by atoms with E-state index in [0.29, 0.717) is 23.5 Å². The van der Waals surface area contributed by atoms with E-state index in [1.54, 1.807) is 12.1 Å². The maximum atomic E-state index is 13.0. The third-order valence-corrected chi connectivity index (χ3v) is 4.41. The minimum absolute atomic E-state index is 0.0635. The number of hydrogen-bond donors (Lipinski definition) is 2. The van der Waals surface area contributed by atoms with Crippen molar-refractivity contribution in [1.82, 2.24) is 10.4 Å². The average molecular weight is 362 g/mol. The van der Waals surface area contributed by atoms with Crippen molar-refractivity contribution in [3.05, 3.63) is 35.4 Å².